The first-order chi connectivity index (χ1) is 12.9. The highest BCUT2D eigenvalue weighted by atomic mass is 16.5. The van der Waals surface area contributed by atoms with Gasteiger partial charge in [-0.3, -0.25) is 0 Å². The molecule has 2 aromatic rings. The number of hydrogen-bond donors (Lipinski definition) is 2. The summed E-state index contributed by atoms with van der Waals surface area (Å²) in [6, 6.07) is 9.57. The van der Waals surface area contributed by atoms with Crippen LogP contribution in [0.4, 0.5) is 17.5 Å². The largest absolute Gasteiger partial charge is 0.497 e. The summed E-state index contributed by atoms with van der Waals surface area (Å²) in [7, 11) is 1.65. The number of nitrogen functional groups attached to an aromatic ring is 1. The van der Waals surface area contributed by atoms with Gasteiger partial charge in [0.2, 0.25) is 5.95 Å². The Kier molecular flexibility index (Phi) is 5.49. The summed E-state index contributed by atoms with van der Waals surface area (Å²) in [5.74, 6) is 1.73. The van der Waals surface area contributed by atoms with Crippen LogP contribution in [0.2, 0.25) is 0 Å². The van der Waals surface area contributed by atoms with Gasteiger partial charge < -0.3 is 15.8 Å². The summed E-state index contributed by atoms with van der Waals surface area (Å²) in [4.78, 5) is 8.65. The third-order valence-electron chi connectivity index (χ3n) is 5.09. The number of benzene rings is 1. The number of nitrogens with zero attached hydrogens (tertiary/aromatic N) is 2. The summed E-state index contributed by atoms with van der Waals surface area (Å²) in [5, 5.41) is 3.27. The minimum atomic E-state index is 0.196. The molecular formula is C22H28N4O. The van der Waals surface area contributed by atoms with Gasteiger partial charge in [0.05, 0.1) is 12.8 Å². The standard InChI is InChI=1S/C22H28N4O/c1-15-6-5-13-22(2,3)19(15)12-9-17-14-20(26-21(23)25-17)24-16-7-10-18(27-4)11-8-16/h7-12,14H,5-6,13H2,1-4H3,(H3,23,24,25,26)/b12-9+. The number of anilines is 3. The normalized spacial score (nSPS) is 16.6. The number of nitrogens with two attached hydrogens (primary N) is 1. The summed E-state index contributed by atoms with van der Waals surface area (Å²) in [5.41, 5.74) is 10.7. The van der Waals surface area contributed by atoms with Crippen molar-refractivity contribution in [3.63, 3.8) is 0 Å². The van der Waals surface area contributed by atoms with E-state index in [2.05, 4.69) is 42.1 Å². The third-order valence-corrected chi connectivity index (χ3v) is 5.09. The SMILES string of the molecule is COc1ccc(Nc2cc(/C=C/C3=C(C)CCCC3(C)C)nc(N)n2)cc1. The van der Waals surface area contributed by atoms with E-state index in [0.29, 0.717) is 5.82 Å². The predicted molar refractivity (Wildman–Crippen MR) is 112 cm³/mol. The van der Waals surface area contributed by atoms with E-state index in [1.807, 2.05) is 36.4 Å². The summed E-state index contributed by atoms with van der Waals surface area (Å²) >= 11 is 0. The van der Waals surface area contributed by atoms with Gasteiger partial charge in [-0.05, 0) is 67.5 Å². The minimum absolute atomic E-state index is 0.196. The van der Waals surface area contributed by atoms with Crippen LogP contribution in [0.3, 0.4) is 0 Å². The first kappa shape index (κ1) is 19.0. The van der Waals surface area contributed by atoms with Gasteiger partial charge in [-0.25, -0.2) is 4.98 Å². The zero-order chi connectivity index (χ0) is 19.4. The molecule has 0 unspecified atom stereocenters. The van der Waals surface area contributed by atoms with Crippen molar-refractivity contribution in [2.75, 3.05) is 18.2 Å². The Bertz CT molecular complexity index is 866. The number of nitrogens with one attached hydrogen (secondary N) is 1. The molecular weight excluding hydrogens is 336 g/mol. The predicted octanol–water partition coefficient (Wildman–Crippen LogP) is 5.35. The lowest BCUT2D eigenvalue weighted by molar-refractivity contribution is 0.377. The molecule has 0 spiro atoms. The number of allylic oxidation sites excluding steroid dienone is 3. The van der Waals surface area contributed by atoms with Crippen molar-refractivity contribution in [2.24, 2.45) is 5.41 Å². The molecule has 142 valence electrons. The maximum atomic E-state index is 5.92. The zero-order valence-electron chi connectivity index (χ0n) is 16.5. The van der Waals surface area contributed by atoms with Gasteiger partial charge in [-0.1, -0.05) is 25.5 Å². The molecule has 3 N–H and O–H groups in total. The van der Waals surface area contributed by atoms with Crippen molar-refractivity contribution in [3.8, 4) is 5.75 Å². The van der Waals surface area contributed by atoms with E-state index in [1.165, 1.54) is 30.4 Å². The fourth-order valence-corrected chi connectivity index (χ4v) is 3.64. The van der Waals surface area contributed by atoms with Crippen molar-refractivity contribution in [1.82, 2.24) is 9.97 Å². The van der Waals surface area contributed by atoms with Crippen LogP contribution >= 0.6 is 0 Å². The van der Waals surface area contributed by atoms with Crippen molar-refractivity contribution in [2.45, 2.75) is 40.0 Å². The number of aromatic nitrogens is 2. The molecule has 1 heterocycles. The molecule has 3 rings (SSSR count). The Hall–Kier alpha value is -2.82. The Balaban J connectivity index is 1.82. The van der Waals surface area contributed by atoms with Gasteiger partial charge in [0.15, 0.2) is 0 Å². The van der Waals surface area contributed by atoms with E-state index in [0.717, 1.165) is 17.1 Å². The first-order valence-corrected chi connectivity index (χ1v) is 9.31. The summed E-state index contributed by atoms with van der Waals surface area (Å²) in [6.45, 7) is 6.84. The maximum Gasteiger partial charge on any atom is 0.222 e. The van der Waals surface area contributed by atoms with Gasteiger partial charge >= 0.3 is 0 Å². The smallest absolute Gasteiger partial charge is 0.222 e. The van der Waals surface area contributed by atoms with E-state index in [-0.39, 0.29) is 11.4 Å². The van der Waals surface area contributed by atoms with Gasteiger partial charge in [-0.15, -0.1) is 0 Å². The molecule has 5 nitrogen and oxygen atoms in total. The Morgan fingerprint density at radius 3 is 2.56 bits per heavy atom. The molecule has 1 aromatic heterocycles. The molecule has 0 bridgehead atoms. The Labute approximate surface area is 161 Å². The molecule has 27 heavy (non-hydrogen) atoms. The van der Waals surface area contributed by atoms with Crippen LogP contribution in [0, 0.1) is 5.41 Å². The van der Waals surface area contributed by atoms with Crippen LogP contribution in [0.15, 0.2) is 47.6 Å². The molecule has 0 saturated heterocycles. The highest BCUT2D eigenvalue weighted by molar-refractivity contribution is 5.62. The monoisotopic (exact) mass is 364 g/mol. The molecule has 5 heteroatoms. The Morgan fingerprint density at radius 2 is 1.89 bits per heavy atom. The summed E-state index contributed by atoms with van der Waals surface area (Å²) in [6.07, 6.45) is 7.85. The molecule has 1 aliphatic rings. The topological polar surface area (TPSA) is 73.1 Å². The average Bonchev–Trinajstić information content (AvgIpc) is 2.61. The van der Waals surface area contributed by atoms with Crippen LogP contribution in [0.5, 0.6) is 5.75 Å². The minimum Gasteiger partial charge on any atom is -0.497 e. The second kappa shape index (κ2) is 7.82. The fraction of sp³-hybridized carbons (Fsp3) is 0.364. The summed E-state index contributed by atoms with van der Waals surface area (Å²) < 4.78 is 5.19. The third kappa shape index (κ3) is 4.67. The van der Waals surface area contributed by atoms with E-state index < -0.39 is 0 Å². The van der Waals surface area contributed by atoms with Crippen LogP contribution in [-0.4, -0.2) is 17.1 Å². The molecule has 0 aliphatic heterocycles. The molecule has 0 amide bonds. The lowest BCUT2D eigenvalue weighted by Gasteiger charge is -2.32. The van der Waals surface area contributed by atoms with Gasteiger partial charge in [-0.2, -0.15) is 4.98 Å². The molecule has 1 aliphatic carbocycles. The lowest BCUT2D eigenvalue weighted by atomic mass is 9.72. The maximum absolute atomic E-state index is 5.92. The van der Waals surface area contributed by atoms with Crippen LogP contribution in [0.25, 0.3) is 6.08 Å². The second-order valence-electron chi connectivity index (χ2n) is 7.65. The number of ether oxygens (including phenoxy) is 1. The zero-order valence-corrected chi connectivity index (χ0v) is 16.5. The van der Waals surface area contributed by atoms with Crippen LogP contribution < -0.4 is 15.8 Å². The highest BCUT2D eigenvalue weighted by Crippen LogP contribution is 2.40. The van der Waals surface area contributed by atoms with E-state index in [9.17, 15) is 0 Å². The first-order valence-electron chi connectivity index (χ1n) is 9.31. The second-order valence-corrected chi connectivity index (χ2v) is 7.65. The van der Waals surface area contributed by atoms with Gasteiger partial charge in [0.25, 0.3) is 0 Å². The van der Waals surface area contributed by atoms with Gasteiger partial charge in [0.1, 0.15) is 11.6 Å². The fourth-order valence-electron chi connectivity index (χ4n) is 3.64. The van der Waals surface area contributed by atoms with Crippen molar-refractivity contribution in [3.05, 3.63) is 53.2 Å². The molecule has 0 saturated carbocycles. The van der Waals surface area contributed by atoms with Crippen LogP contribution in [0.1, 0.15) is 45.7 Å². The lowest BCUT2D eigenvalue weighted by Crippen LogP contribution is -2.19. The van der Waals surface area contributed by atoms with Gasteiger partial charge in [0, 0.05) is 11.8 Å². The quantitative estimate of drug-likeness (QED) is 0.748. The van der Waals surface area contributed by atoms with Crippen molar-refractivity contribution in [1.29, 1.82) is 0 Å². The molecule has 0 atom stereocenters. The number of hydrogen-bond acceptors (Lipinski definition) is 5. The number of methoxy groups -OCH3 is 1. The molecule has 0 radical (unpaired) electrons. The number of rotatable bonds is 5. The van der Waals surface area contributed by atoms with Crippen molar-refractivity contribution >= 4 is 23.5 Å². The van der Waals surface area contributed by atoms with E-state index in [4.69, 9.17) is 10.5 Å². The average molecular weight is 364 g/mol. The van der Waals surface area contributed by atoms with E-state index in [1.54, 1.807) is 7.11 Å². The Morgan fingerprint density at radius 1 is 1.15 bits per heavy atom. The van der Waals surface area contributed by atoms with Crippen LogP contribution in [-0.2, 0) is 0 Å². The van der Waals surface area contributed by atoms with Crippen molar-refractivity contribution < 1.29 is 4.74 Å². The highest BCUT2D eigenvalue weighted by Gasteiger charge is 2.26. The van der Waals surface area contributed by atoms with E-state index >= 15 is 0 Å². The molecule has 1 aromatic carbocycles. The molecule has 0 fully saturated rings.